The molecular formula is C13H19N3O5S. The van der Waals surface area contributed by atoms with E-state index in [0.717, 1.165) is 0 Å². The summed E-state index contributed by atoms with van der Waals surface area (Å²) in [5.41, 5.74) is 0.136. The van der Waals surface area contributed by atoms with E-state index in [1.165, 1.54) is 43.3 Å². The molecule has 0 saturated heterocycles. The maximum Gasteiger partial charge on any atom is 0.264 e. The zero-order valence-electron chi connectivity index (χ0n) is 12.9. The first kappa shape index (κ1) is 18.1. The van der Waals surface area contributed by atoms with Crippen molar-refractivity contribution in [2.75, 3.05) is 34.8 Å². The van der Waals surface area contributed by atoms with Crippen molar-refractivity contribution in [3.63, 3.8) is 0 Å². The van der Waals surface area contributed by atoms with Crippen LogP contribution in [-0.2, 0) is 19.7 Å². The standard InChI is InChI=1S/C13H19N3O5S/c1-15(2)12(17)9-14-13(18)10-6-5-7-11(8-10)22(19,20)16(3)21-4/h5-8H,9H2,1-4H3,(H,14,18). The summed E-state index contributed by atoms with van der Waals surface area (Å²) in [4.78, 5) is 29.3. The number of rotatable bonds is 6. The highest BCUT2D eigenvalue weighted by Gasteiger charge is 2.22. The van der Waals surface area contributed by atoms with Gasteiger partial charge in [0.2, 0.25) is 5.91 Å². The fourth-order valence-corrected chi connectivity index (χ4v) is 2.48. The number of amides is 2. The fraction of sp³-hybridized carbons (Fsp3) is 0.385. The highest BCUT2D eigenvalue weighted by molar-refractivity contribution is 7.89. The number of sulfonamides is 1. The van der Waals surface area contributed by atoms with E-state index in [4.69, 9.17) is 0 Å². The summed E-state index contributed by atoms with van der Waals surface area (Å²) in [6, 6.07) is 5.48. The second kappa shape index (κ2) is 7.34. The Morgan fingerprint density at radius 2 is 1.86 bits per heavy atom. The molecule has 122 valence electrons. The van der Waals surface area contributed by atoms with Gasteiger partial charge in [0.05, 0.1) is 18.6 Å². The van der Waals surface area contributed by atoms with Crippen LogP contribution in [0, 0.1) is 0 Å². The lowest BCUT2D eigenvalue weighted by molar-refractivity contribution is -0.127. The molecule has 2 amide bonds. The Balaban J connectivity index is 2.93. The number of carbonyl (C=O) groups excluding carboxylic acids is 2. The number of nitrogens with one attached hydrogen (secondary N) is 1. The van der Waals surface area contributed by atoms with Crippen molar-refractivity contribution in [1.29, 1.82) is 0 Å². The molecule has 0 aliphatic carbocycles. The maximum absolute atomic E-state index is 12.1. The zero-order valence-corrected chi connectivity index (χ0v) is 13.7. The predicted octanol–water partition coefficient (Wildman–Crippen LogP) is -0.313. The molecular weight excluding hydrogens is 310 g/mol. The van der Waals surface area contributed by atoms with Gasteiger partial charge in [0.1, 0.15) is 0 Å². The molecule has 1 N–H and O–H groups in total. The van der Waals surface area contributed by atoms with Gasteiger partial charge < -0.3 is 10.2 Å². The van der Waals surface area contributed by atoms with E-state index in [2.05, 4.69) is 10.2 Å². The maximum atomic E-state index is 12.1. The molecule has 0 spiro atoms. The minimum Gasteiger partial charge on any atom is -0.347 e. The molecule has 0 aliphatic rings. The molecule has 0 atom stereocenters. The first-order valence-electron chi connectivity index (χ1n) is 6.31. The van der Waals surface area contributed by atoms with Crippen LogP contribution >= 0.6 is 0 Å². The quantitative estimate of drug-likeness (QED) is 0.722. The van der Waals surface area contributed by atoms with Crippen LogP contribution in [0.5, 0.6) is 0 Å². The molecule has 0 bridgehead atoms. The number of carbonyl (C=O) groups is 2. The van der Waals surface area contributed by atoms with E-state index in [-0.39, 0.29) is 22.9 Å². The van der Waals surface area contributed by atoms with Gasteiger partial charge in [-0.2, -0.15) is 0 Å². The number of hydroxylamine groups is 1. The topological polar surface area (TPSA) is 96.0 Å². The van der Waals surface area contributed by atoms with Gasteiger partial charge in [-0.1, -0.05) is 10.5 Å². The van der Waals surface area contributed by atoms with E-state index in [0.29, 0.717) is 4.47 Å². The Morgan fingerprint density at radius 1 is 1.23 bits per heavy atom. The molecule has 1 aromatic carbocycles. The molecule has 0 unspecified atom stereocenters. The van der Waals surface area contributed by atoms with Gasteiger partial charge in [0.15, 0.2) is 0 Å². The minimum atomic E-state index is -3.83. The molecule has 22 heavy (non-hydrogen) atoms. The summed E-state index contributed by atoms with van der Waals surface area (Å²) < 4.78 is 24.9. The van der Waals surface area contributed by atoms with Crippen LogP contribution in [0.1, 0.15) is 10.4 Å². The summed E-state index contributed by atoms with van der Waals surface area (Å²) in [5.74, 6) is -0.802. The monoisotopic (exact) mass is 329 g/mol. The summed E-state index contributed by atoms with van der Waals surface area (Å²) >= 11 is 0. The number of hydrogen-bond acceptors (Lipinski definition) is 5. The first-order valence-corrected chi connectivity index (χ1v) is 7.75. The normalized spacial score (nSPS) is 11.3. The number of nitrogens with zero attached hydrogens (tertiary/aromatic N) is 2. The van der Waals surface area contributed by atoms with Crippen molar-refractivity contribution < 1.29 is 22.8 Å². The van der Waals surface area contributed by atoms with E-state index >= 15 is 0 Å². The van der Waals surface area contributed by atoms with Crippen molar-refractivity contribution in [3.05, 3.63) is 29.8 Å². The third-order valence-electron chi connectivity index (χ3n) is 2.89. The van der Waals surface area contributed by atoms with E-state index in [1.807, 2.05) is 0 Å². The van der Waals surface area contributed by atoms with Gasteiger partial charge in [0.25, 0.3) is 15.9 Å². The van der Waals surface area contributed by atoms with Gasteiger partial charge in [-0.25, -0.2) is 8.42 Å². The number of benzene rings is 1. The molecule has 0 aromatic heterocycles. The number of likely N-dealkylation sites (N-methyl/N-ethyl adjacent to an activating group) is 1. The average molecular weight is 329 g/mol. The highest BCUT2D eigenvalue weighted by atomic mass is 32.2. The van der Waals surface area contributed by atoms with Crippen LogP contribution in [0.3, 0.4) is 0 Å². The summed E-state index contributed by atoms with van der Waals surface area (Å²) in [5, 5.41) is 2.43. The second-order valence-electron chi connectivity index (χ2n) is 4.60. The van der Waals surface area contributed by atoms with Crippen LogP contribution in [0.25, 0.3) is 0 Å². The molecule has 0 radical (unpaired) electrons. The van der Waals surface area contributed by atoms with E-state index in [1.54, 1.807) is 14.1 Å². The smallest absolute Gasteiger partial charge is 0.264 e. The van der Waals surface area contributed by atoms with Crippen LogP contribution in [-0.4, -0.2) is 64.4 Å². The lowest BCUT2D eigenvalue weighted by Crippen LogP contribution is -2.36. The van der Waals surface area contributed by atoms with Gasteiger partial charge in [-0.05, 0) is 18.2 Å². The van der Waals surface area contributed by atoms with Crippen molar-refractivity contribution in [3.8, 4) is 0 Å². The SMILES string of the molecule is CON(C)S(=O)(=O)c1cccc(C(=O)NCC(=O)N(C)C)c1. The van der Waals surface area contributed by atoms with E-state index in [9.17, 15) is 18.0 Å². The van der Waals surface area contributed by atoms with Crippen LogP contribution in [0.15, 0.2) is 29.2 Å². The van der Waals surface area contributed by atoms with Crippen LogP contribution < -0.4 is 5.32 Å². The van der Waals surface area contributed by atoms with Crippen LogP contribution in [0.2, 0.25) is 0 Å². The van der Waals surface area contributed by atoms with Crippen molar-refractivity contribution in [2.45, 2.75) is 4.90 Å². The predicted molar refractivity (Wildman–Crippen MR) is 79.4 cm³/mol. The number of hydrogen-bond donors (Lipinski definition) is 1. The van der Waals surface area contributed by atoms with Gasteiger partial charge >= 0.3 is 0 Å². The van der Waals surface area contributed by atoms with Gasteiger partial charge in [0, 0.05) is 26.7 Å². The Bertz CT molecular complexity index is 657. The zero-order chi connectivity index (χ0) is 16.9. The Hall–Kier alpha value is -1.97. The Kier molecular flexibility index (Phi) is 6.03. The molecule has 8 nitrogen and oxygen atoms in total. The largest absolute Gasteiger partial charge is 0.347 e. The van der Waals surface area contributed by atoms with Crippen molar-refractivity contribution in [1.82, 2.24) is 14.7 Å². The van der Waals surface area contributed by atoms with Gasteiger partial charge in [-0.3, -0.25) is 14.4 Å². The minimum absolute atomic E-state index is 0.0802. The van der Waals surface area contributed by atoms with Crippen molar-refractivity contribution >= 4 is 21.8 Å². The summed E-state index contributed by atoms with van der Waals surface area (Å²) in [6.07, 6.45) is 0. The van der Waals surface area contributed by atoms with Crippen LogP contribution in [0.4, 0.5) is 0 Å². The van der Waals surface area contributed by atoms with Gasteiger partial charge in [-0.15, -0.1) is 0 Å². The molecule has 9 heteroatoms. The molecule has 0 fully saturated rings. The van der Waals surface area contributed by atoms with E-state index < -0.39 is 15.9 Å². The Labute approximate surface area is 129 Å². The Morgan fingerprint density at radius 3 is 2.41 bits per heavy atom. The molecule has 0 saturated carbocycles. The summed E-state index contributed by atoms with van der Waals surface area (Å²) in [7, 11) is 1.78. The second-order valence-corrected chi connectivity index (χ2v) is 6.53. The average Bonchev–Trinajstić information content (AvgIpc) is 2.51. The lowest BCUT2D eigenvalue weighted by Gasteiger charge is -2.15. The summed E-state index contributed by atoms with van der Waals surface area (Å²) in [6.45, 7) is -0.166. The molecule has 1 aromatic rings. The van der Waals surface area contributed by atoms with Crippen molar-refractivity contribution in [2.24, 2.45) is 0 Å². The third kappa shape index (κ3) is 4.26. The highest BCUT2D eigenvalue weighted by Crippen LogP contribution is 2.15. The molecule has 0 aliphatic heterocycles. The molecule has 1 rings (SSSR count). The molecule has 0 heterocycles. The third-order valence-corrected chi connectivity index (χ3v) is 4.56. The fourth-order valence-electron chi connectivity index (χ4n) is 1.46. The first-order chi connectivity index (χ1) is 10.2. The lowest BCUT2D eigenvalue weighted by atomic mass is 10.2.